The van der Waals surface area contributed by atoms with Gasteiger partial charge in [0.2, 0.25) is 0 Å². The van der Waals surface area contributed by atoms with Crippen LogP contribution in [0.1, 0.15) is 38.1 Å². The Morgan fingerprint density at radius 2 is 2.00 bits per heavy atom. The summed E-state index contributed by atoms with van der Waals surface area (Å²) in [6.07, 6.45) is 4.71. The number of hydrogen-bond donors (Lipinski definition) is 1. The van der Waals surface area contributed by atoms with Crippen LogP contribution < -0.4 is 9.64 Å². The maximum absolute atomic E-state index is 12.4. The van der Waals surface area contributed by atoms with Gasteiger partial charge in [0.1, 0.15) is 11.4 Å². The highest BCUT2D eigenvalue weighted by molar-refractivity contribution is 5.93. The minimum atomic E-state index is -1.08. The van der Waals surface area contributed by atoms with Crippen LogP contribution in [0.3, 0.4) is 0 Å². The van der Waals surface area contributed by atoms with Crippen molar-refractivity contribution in [3.8, 4) is 18.1 Å². The number of anilines is 1. The van der Waals surface area contributed by atoms with Gasteiger partial charge in [-0.2, -0.15) is 0 Å². The molecule has 0 radical (unpaired) electrons. The summed E-state index contributed by atoms with van der Waals surface area (Å²) in [6, 6.07) is 4.22. The summed E-state index contributed by atoms with van der Waals surface area (Å²) >= 11 is 0. The van der Waals surface area contributed by atoms with Crippen molar-refractivity contribution in [3.05, 3.63) is 23.8 Å². The Bertz CT molecular complexity index is 625. The number of benzene rings is 1. The third-order valence-corrected chi connectivity index (χ3v) is 2.66. The molecule has 0 fully saturated rings. The molecule has 1 amide bonds. The largest absolute Gasteiger partial charge is 0.492 e. The molecular formula is C17H21NO5. The predicted molar refractivity (Wildman–Crippen MR) is 87.0 cm³/mol. The zero-order valence-electron chi connectivity index (χ0n) is 13.8. The molecule has 0 atom stereocenters. The van der Waals surface area contributed by atoms with E-state index >= 15 is 0 Å². The summed E-state index contributed by atoms with van der Waals surface area (Å²) in [5.41, 5.74) is -0.262. The quantitative estimate of drug-likeness (QED) is 0.844. The molecule has 1 N–H and O–H groups in total. The maximum atomic E-state index is 12.4. The Hall–Kier alpha value is -2.68. The van der Waals surface area contributed by atoms with E-state index in [-0.39, 0.29) is 17.9 Å². The number of hydrogen-bond acceptors (Lipinski definition) is 4. The van der Waals surface area contributed by atoms with Gasteiger partial charge in [-0.05, 0) is 45.9 Å². The van der Waals surface area contributed by atoms with Crippen LogP contribution >= 0.6 is 0 Å². The molecule has 0 spiro atoms. The van der Waals surface area contributed by atoms with Crippen LogP contribution in [0.15, 0.2) is 18.2 Å². The molecule has 0 bridgehead atoms. The van der Waals surface area contributed by atoms with Crippen LogP contribution in [-0.2, 0) is 4.74 Å². The predicted octanol–water partition coefficient (Wildman–Crippen LogP) is 3.16. The van der Waals surface area contributed by atoms with Crippen LogP contribution in [0, 0.1) is 12.3 Å². The molecule has 6 nitrogen and oxygen atoms in total. The van der Waals surface area contributed by atoms with E-state index in [4.69, 9.17) is 21.0 Å². The van der Waals surface area contributed by atoms with Crippen LogP contribution in [0.2, 0.25) is 0 Å². The van der Waals surface area contributed by atoms with Gasteiger partial charge in [0.25, 0.3) is 0 Å². The molecule has 23 heavy (non-hydrogen) atoms. The zero-order valence-corrected chi connectivity index (χ0v) is 13.8. The van der Waals surface area contributed by atoms with Crippen molar-refractivity contribution < 1.29 is 24.2 Å². The average molecular weight is 319 g/mol. The Morgan fingerprint density at radius 1 is 1.35 bits per heavy atom. The van der Waals surface area contributed by atoms with Crippen molar-refractivity contribution in [2.24, 2.45) is 0 Å². The number of carboxylic acids is 1. The van der Waals surface area contributed by atoms with E-state index in [0.717, 1.165) is 0 Å². The fourth-order valence-corrected chi connectivity index (χ4v) is 1.80. The van der Waals surface area contributed by atoms with Crippen LogP contribution in [0.5, 0.6) is 5.75 Å². The molecule has 0 heterocycles. The molecule has 0 saturated heterocycles. The first-order valence-electron chi connectivity index (χ1n) is 7.13. The minimum Gasteiger partial charge on any atom is -0.492 e. The normalized spacial score (nSPS) is 10.6. The molecule has 0 aliphatic rings. The van der Waals surface area contributed by atoms with Gasteiger partial charge in [0.15, 0.2) is 0 Å². The van der Waals surface area contributed by atoms with Crippen molar-refractivity contribution in [1.82, 2.24) is 0 Å². The molecule has 0 aromatic heterocycles. The Kier molecular flexibility index (Phi) is 6.02. The van der Waals surface area contributed by atoms with Gasteiger partial charge < -0.3 is 14.6 Å². The summed E-state index contributed by atoms with van der Waals surface area (Å²) in [7, 11) is 0. The number of amides is 1. The molecule has 0 aliphatic carbocycles. The van der Waals surface area contributed by atoms with E-state index in [1.54, 1.807) is 27.7 Å². The van der Waals surface area contributed by atoms with E-state index in [9.17, 15) is 9.59 Å². The maximum Gasteiger partial charge on any atom is 0.415 e. The Balaban J connectivity index is 3.28. The molecule has 1 aromatic rings. The lowest BCUT2D eigenvalue weighted by atomic mass is 10.1. The van der Waals surface area contributed by atoms with Gasteiger partial charge in [-0.15, -0.1) is 6.42 Å². The van der Waals surface area contributed by atoms with Crippen LogP contribution in [-0.4, -0.2) is 35.9 Å². The van der Waals surface area contributed by atoms with E-state index in [0.29, 0.717) is 12.3 Å². The lowest BCUT2D eigenvalue weighted by Crippen LogP contribution is -2.37. The number of carbonyl (C=O) groups is 2. The van der Waals surface area contributed by atoms with Gasteiger partial charge in [0.05, 0.1) is 24.4 Å². The average Bonchev–Trinajstić information content (AvgIpc) is 2.43. The van der Waals surface area contributed by atoms with E-state index in [1.165, 1.54) is 23.1 Å². The van der Waals surface area contributed by atoms with Gasteiger partial charge in [-0.3, -0.25) is 4.90 Å². The first-order valence-corrected chi connectivity index (χ1v) is 7.13. The summed E-state index contributed by atoms with van der Waals surface area (Å²) in [5, 5.41) is 9.08. The molecule has 1 rings (SSSR count). The molecule has 0 unspecified atom stereocenters. The van der Waals surface area contributed by atoms with Gasteiger partial charge >= 0.3 is 12.1 Å². The summed E-state index contributed by atoms with van der Waals surface area (Å²) in [5.74, 6) is 1.57. The van der Waals surface area contributed by atoms with Gasteiger partial charge in [-0.25, -0.2) is 9.59 Å². The number of carboxylic acid groups (broad SMARTS) is 1. The zero-order chi connectivity index (χ0) is 17.6. The lowest BCUT2D eigenvalue weighted by Gasteiger charge is -2.27. The molecule has 0 saturated carbocycles. The van der Waals surface area contributed by atoms with Crippen molar-refractivity contribution in [2.75, 3.05) is 18.1 Å². The van der Waals surface area contributed by atoms with Crippen LogP contribution in [0.25, 0.3) is 0 Å². The highest BCUT2D eigenvalue weighted by Crippen LogP contribution is 2.31. The van der Waals surface area contributed by atoms with Gasteiger partial charge in [-0.1, -0.05) is 5.92 Å². The molecule has 0 aliphatic heterocycles. The van der Waals surface area contributed by atoms with Crippen molar-refractivity contribution in [1.29, 1.82) is 0 Å². The fourth-order valence-electron chi connectivity index (χ4n) is 1.80. The number of carbonyl (C=O) groups excluding carboxylic acids is 1. The van der Waals surface area contributed by atoms with Crippen molar-refractivity contribution in [2.45, 2.75) is 33.3 Å². The number of rotatable bonds is 5. The van der Waals surface area contributed by atoms with Crippen molar-refractivity contribution >= 4 is 17.7 Å². The van der Waals surface area contributed by atoms with E-state index in [1.807, 2.05) is 0 Å². The fraction of sp³-hybridized carbons (Fsp3) is 0.412. The minimum absolute atomic E-state index is 0.0264. The van der Waals surface area contributed by atoms with E-state index < -0.39 is 17.7 Å². The molecular weight excluding hydrogens is 298 g/mol. The lowest BCUT2D eigenvalue weighted by molar-refractivity contribution is 0.0583. The van der Waals surface area contributed by atoms with Crippen molar-refractivity contribution in [3.63, 3.8) is 0 Å². The third-order valence-electron chi connectivity index (χ3n) is 2.66. The second-order valence-electron chi connectivity index (χ2n) is 5.69. The highest BCUT2D eigenvalue weighted by atomic mass is 16.6. The number of terminal acetylenes is 1. The van der Waals surface area contributed by atoms with Crippen LogP contribution in [0.4, 0.5) is 10.5 Å². The summed E-state index contributed by atoms with van der Waals surface area (Å²) < 4.78 is 10.8. The first kappa shape index (κ1) is 18.4. The number of ether oxygens (including phenoxy) is 2. The number of nitrogens with zero attached hydrogens (tertiary/aromatic N) is 1. The topological polar surface area (TPSA) is 76.1 Å². The summed E-state index contributed by atoms with van der Waals surface area (Å²) in [6.45, 7) is 7.29. The monoisotopic (exact) mass is 319 g/mol. The molecule has 1 aromatic carbocycles. The Morgan fingerprint density at radius 3 is 2.48 bits per heavy atom. The first-order chi connectivity index (χ1) is 10.7. The standard InChI is InChI=1S/C17H21NO5/c1-6-10-18(16(21)23-17(3,4)5)13-9-8-12(15(19)20)11-14(13)22-7-2/h1,8-9,11H,7,10H2,2-5H3,(H,19,20). The highest BCUT2D eigenvalue weighted by Gasteiger charge is 2.25. The SMILES string of the molecule is C#CCN(C(=O)OC(C)(C)C)c1ccc(C(=O)O)cc1OCC. The van der Waals surface area contributed by atoms with E-state index in [2.05, 4.69) is 5.92 Å². The molecule has 124 valence electrons. The second-order valence-corrected chi connectivity index (χ2v) is 5.69. The third kappa shape index (κ3) is 5.22. The molecule has 6 heteroatoms. The smallest absolute Gasteiger partial charge is 0.415 e. The van der Waals surface area contributed by atoms with Gasteiger partial charge in [0, 0.05) is 0 Å². The second kappa shape index (κ2) is 7.54. The Labute approximate surface area is 136 Å². The summed E-state index contributed by atoms with van der Waals surface area (Å²) in [4.78, 5) is 24.7. The number of aromatic carboxylic acids is 1.